The van der Waals surface area contributed by atoms with E-state index in [1.807, 2.05) is 5.43 Å². The van der Waals surface area contributed by atoms with E-state index in [-0.39, 0.29) is 30.7 Å². The van der Waals surface area contributed by atoms with Crippen LogP contribution in [0.25, 0.3) is 0 Å². The zero-order valence-corrected chi connectivity index (χ0v) is 24.3. The zero-order valence-electron chi connectivity index (χ0n) is 24.3. The molecular formula is C24H42N4O18. The average molecular weight is 675 g/mol. The molecular weight excluding hydrogens is 632 g/mol. The van der Waals surface area contributed by atoms with Crippen molar-refractivity contribution in [1.29, 1.82) is 0 Å². The van der Waals surface area contributed by atoms with Crippen molar-refractivity contribution in [2.75, 3.05) is 19.8 Å². The van der Waals surface area contributed by atoms with Gasteiger partial charge in [-0.05, 0) is 12.8 Å². The van der Waals surface area contributed by atoms with Gasteiger partial charge >= 0.3 is 0 Å². The second kappa shape index (κ2) is 16.2. The lowest BCUT2D eigenvalue weighted by atomic mass is 9.95. The molecule has 3 saturated heterocycles. The highest BCUT2D eigenvalue weighted by atomic mass is 16.7. The molecule has 46 heavy (non-hydrogen) atoms. The fourth-order valence-corrected chi connectivity index (χ4v) is 4.87. The number of carbonyl (C=O) groups excluding carboxylic acids is 3. The summed E-state index contributed by atoms with van der Waals surface area (Å²) in [5, 5.41) is 113. The summed E-state index contributed by atoms with van der Waals surface area (Å²) in [4.78, 5) is 37.1. The van der Waals surface area contributed by atoms with Gasteiger partial charge in [-0.2, -0.15) is 0 Å². The van der Waals surface area contributed by atoms with Crippen LogP contribution in [0.5, 0.6) is 0 Å². The van der Waals surface area contributed by atoms with E-state index in [1.54, 1.807) is 5.43 Å². The highest BCUT2D eigenvalue weighted by molar-refractivity contribution is 5.91. The number of nitrogens with zero attached hydrogens (tertiary/aromatic N) is 1. The number of aliphatic hydroxyl groups excluding tert-OH is 10. The minimum absolute atomic E-state index is 0.0625. The Morgan fingerprint density at radius 3 is 1.98 bits per heavy atom. The van der Waals surface area contributed by atoms with Gasteiger partial charge in [-0.15, -0.1) is 0 Å². The SMILES string of the molecule is NN1C(=O)CCCCC(=O)NNC(=O)[C@]1(O)[C@@H](O)[C@H](O)[C@H](O)CO[C@H]1O[C@H](CO[C@H]2O[C@H](CO)[C@@H](O)[C@H](O)[C@H]2O)[C@@H](O)[C@H](O)[C@H]1O. The fourth-order valence-electron chi connectivity index (χ4n) is 4.87. The van der Waals surface area contributed by atoms with Crippen molar-refractivity contribution in [2.45, 2.75) is 111 Å². The number of nitrogens with two attached hydrogens (primary N) is 1. The monoisotopic (exact) mass is 674 g/mol. The lowest BCUT2D eigenvalue weighted by molar-refractivity contribution is -0.333. The maximum Gasteiger partial charge on any atom is 0.296 e. The van der Waals surface area contributed by atoms with Crippen LogP contribution in [0, 0.1) is 0 Å². The summed E-state index contributed by atoms with van der Waals surface area (Å²) in [5.74, 6) is 2.22. The Morgan fingerprint density at radius 2 is 1.37 bits per heavy atom. The van der Waals surface area contributed by atoms with Gasteiger partial charge in [-0.1, -0.05) is 0 Å². The second-order valence-electron chi connectivity index (χ2n) is 11.1. The number of rotatable bonds is 10. The van der Waals surface area contributed by atoms with Gasteiger partial charge in [0, 0.05) is 12.8 Å². The summed E-state index contributed by atoms with van der Waals surface area (Å²) in [6.07, 6.45) is -25.0. The van der Waals surface area contributed by atoms with E-state index in [0.717, 1.165) is 0 Å². The Bertz CT molecular complexity index is 1040. The molecule has 0 bridgehead atoms. The van der Waals surface area contributed by atoms with Crippen LogP contribution in [0.2, 0.25) is 0 Å². The molecule has 0 spiro atoms. The number of ether oxygens (including phenoxy) is 4. The predicted molar refractivity (Wildman–Crippen MR) is 141 cm³/mol. The Hall–Kier alpha value is -2.23. The number of aliphatic hydroxyl groups is 11. The van der Waals surface area contributed by atoms with Gasteiger partial charge < -0.3 is 75.1 Å². The van der Waals surface area contributed by atoms with Crippen molar-refractivity contribution < 1.29 is 89.5 Å². The van der Waals surface area contributed by atoms with Crippen LogP contribution >= 0.6 is 0 Å². The van der Waals surface area contributed by atoms with Gasteiger partial charge in [0.05, 0.1) is 19.8 Å². The molecule has 0 aromatic carbocycles. The Kier molecular flexibility index (Phi) is 13.5. The normalized spacial score (nSPS) is 40.3. The number of hydrazine groups is 2. The lowest BCUT2D eigenvalue weighted by Gasteiger charge is -2.43. The minimum atomic E-state index is -3.44. The molecule has 0 unspecified atom stereocenters. The number of nitrogens with one attached hydrogen (secondary N) is 2. The second-order valence-corrected chi connectivity index (χ2v) is 11.1. The van der Waals surface area contributed by atoms with Gasteiger partial charge in [0.2, 0.25) is 11.8 Å². The first-order valence-corrected chi connectivity index (χ1v) is 14.2. The highest BCUT2D eigenvalue weighted by Gasteiger charge is 2.55. The summed E-state index contributed by atoms with van der Waals surface area (Å²) in [7, 11) is 0. The third kappa shape index (κ3) is 8.24. The van der Waals surface area contributed by atoms with E-state index >= 15 is 0 Å². The Balaban J connectivity index is 1.65. The number of hydrogen-bond donors (Lipinski definition) is 14. The molecule has 22 nitrogen and oxygen atoms in total. The Morgan fingerprint density at radius 1 is 0.826 bits per heavy atom. The van der Waals surface area contributed by atoms with Gasteiger partial charge in [0.25, 0.3) is 11.6 Å². The maximum atomic E-state index is 12.7. The molecule has 15 N–H and O–H groups in total. The van der Waals surface area contributed by atoms with Crippen molar-refractivity contribution >= 4 is 17.7 Å². The topological polar surface area (TPSA) is 364 Å². The third-order valence-electron chi connectivity index (χ3n) is 7.83. The molecule has 3 rings (SSSR count). The van der Waals surface area contributed by atoms with Crippen molar-refractivity contribution in [2.24, 2.45) is 5.84 Å². The first-order chi connectivity index (χ1) is 21.6. The smallest absolute Gasteiger partial charge is 0.296 e. The van der Waals surface area contributed by atoms with E-state index in [1.165, 1.54) is 0 Å². The molecule has 0 radical (unpaired) electrons. The van der Waals surface area contributed by atoms with Gasteiger partial charge in [0.1, 0.15) is 67.1 Å². The van der Waals surface area contributed by atoms with Crippen LogP contribution in [0.1, 0.15) is 25.7 Å². The molecule has 266 valence electrons. The standard InChI is InChI=1S/C24H42N4O18/c25-28-12(32)4-2-1-3-11(31)26-27-23(41)24(28,42)20(40)13(33)8(30)6-43-21-19(39)17(37)15(35)10(46-21)7-44-22-18(38)16(36)14(34)9(5-29)45-22/h8-10,13-22,29-30,33-40,42H,1-7,25H2,(H,26,31)(H,27,41)/t8-,9-,10-,13-,14-,15-,16+,17+,18-,19-,20+,21+,22+,24-/m1/s1. The average Bonchev–Trinajstić information content (AvgIpc) is 3.05. The number of carbonyl (C=O) groups is 3. The molecule has 0 aromatic rings. The number of amides is 3. The summed E-state index contributed by atoms with van der Waals surface area (Å²) in [6, 6.07) is 0. The quantitative estimate of drug-likeness (QED) is 0.0755. The van der Waals surface area contributed by atoms with E-state index in [9.17, 15) is 70.6 Å². The maximum absolute atomic E-state index is 12.7. The van der Waals surface area contributed by atoms with E-state index < -0.39 is 123 Å². The van der Waals surface area contributed by atoms with Gasteiger partial charge in [-0.25, -0.2) is 10.9 Å². The molecule has 3 fully saturated rings. The highest BCUT2D eigenvalue weighted by Crippen LogP contribution is 2.27. The summed E-state index contributed by atoms with van der Waals surface area (Å²) < 4.78 is 21.1. The van der Waals surface area contributed by atoms with Crippen LogP contribution in [-0.2, 0) is 33.3 Å². The van der Waals surface area contributed by atoms with Crippen LogP contribution in [0.4, 0.5) is 0 Å². The molecule has 3 heterocycles. The van der Waals surface area contributed by atoms with Crippen molar-refractivity contribution in [3.05, 3.63) is 0 Å². The van der Waals surface area contributed by atoms with Crippen molar-refractivity contribution in [3.8, 4) is 0 Å². The van der Waals surface area contributed by atoms with Crippen LogP contribution < -0.4 is 16.7 Å². The number of hydrogen-bond acceptors (Lipinski definition) is 19. The van der Waals surface area contributed by atoms with Crippen LogP contribution in [-0.4, -0.2) is 184 Å². The van der Waals surface area contributed by atoms with Crippen LogP contribution in [0.15, 0.2) is 0 Å². The van der Waals surface area contributed by atoms with Crippen molar-refractivity contribution in [1.82, 2.24) is 15.9 Å². The summed E-state index contributed by atoms with van der Waals surface area (Å²) in [6.45, 7) is -2.50. The van der Waals surface area contributed by atoms with E-state index in [4.69, 9.17) is 24.8 Å². The molecule has 3 amide bonds. The summed E-state index contributed by atoms with van der Waals surface area (Å²) in [5.41, 5.74) is 0.275. The minimum Gasteiger partial charge on any atom is -0.394 e. The molecule has 3 aliphatic heterocycles. The molecule has 0 saturated carbocycles. The Labute approximate surface area is 260 Å². The zero-order chi connectivity index (χ0) is 34.5. The van der Waals surface area contributed by atoms with Gasteiger partial charge in [0.15, 0.2) is 12.6 Å². The molecule has 14 atom stereocenters. The molecule has 0 aliphatic carbocycles. The van der Waals surface area contributed by atoms with Crippen LogP contribution in [0.3, 0.4) is 0 Å². The molecule has 22 heteroatoms. The first kappa shape index (κ1) is 38.2. The van der Waals surface area contributed by atoms with Crippen molar-refractivity contribution in [3.63, 3.8) is 0 Å². The first-order valence-electron chi connectivity index (χ1n) is 14.2. The molecule has 0 aromatic heterocycles. The molecule has 3 aliphatic rings. The predicted octanol–water partition coefficient (Wildman–Crippen LogP) is -9.18. The fraction of sp³-hybridized carbons (Fsp3) is 0.875. The van der Waals surface area contributed by atoms with Gasteiger partial charge in [-0.3, -0.25) is 25.2 Å². The van der Waals surface area contributed by atoms with E-state index in [2.05, 4.69) is 0 Å². The largest absolute Gasteiger partial charge is 0.394 e. The summed E-state index contributed by atoms with van der Waals surface area (Å²) >= 11 is 0. The van der Waals surface area contributed by atoms with E-state index in [0.29, 0.717) is 0 Å². The lowest BCUT2D eigenvalue weighted by Crippen LogP contribution is -2.73. The third-order valence-corrected chi connectivity index (χ3v) is 7.83.